The molecule has 12 heteroatoms. The molecule has 1 aliphatic heterocycles. The van der Waals surface area contributed by atoms with E-state index in [0.717, 1.165) is 31.3 Å². The second kappa shape index (κ2) is 16.2. The third-order valence-electron chi connectivity index (χ3n) is 6.70. The molecule has 222 valence electrons. The molecule has 2 atom stereocenters. The molecule has 1 fully saturated rings. The molecule has 1 saturated heterocycles. The number of hydrogen-bond acceptors (Lipinski definition) is 6. The van der Waals surface area contributed by atoms with Gasteiger partial charge in [0, 0.05) is 25.2 Å². The Balaban J connectivity index is 1.46. The number of thioether (sulfide) groups is 1. The smallest absolute Gasteiger partial charge is 0.353 e. The van der Waals surface area contributed by atoms with Crippen LogP contribution in [0.3, 0.4) is 0 Å². The Morgan fingerprint density at radius 2 is 1.66 bits per heavy atom. The Morgan fingerprint density at radius 3 is 2.34 bits per heavy atom. The first kappa shape index (κ1) is 32.1. The van der Waals surface area contributed by atoms with Crippen LogP contribution in [0, 0.1) is 0 Å². The minimum absolute atomic E-state index is 0.164. The van der Waals surface area contributed by atoms with E-state index >= 15 is 0 Å². The first-order valence-electron chi connectivity index (χ1n) is 13.5. The summed E-state index contributed by atoms with van der Waals surface area (Å²) in [5, 5.41) is 7.97. The molecular weight excluding hydrogens is 557 g/mol. The lowest BCUT2D eigenvalue weighted by Gasteiger charge is -2.21. The summed E-state index contributed by atoms with van der Waals surface area (Å²) in [6.45, 7) is 2.45. The van der Waals surface area contributed by atoms with Crippen molar-refractivity contribution in [2.24, 2.45) is 0 Å². The number of Topliss-reactive ketones (excluding diaryl/α,β-unsaturated/α-hetero) is 1. The summed E-state index contributed by atoms with van der Waals surface area (Å²) in [6, 6.07) is 17.7. The average molecular weight is 593 g/mol. The van der Waals surface area contributed by atoms with Crippen LogP contribution in [-0.2, 0) is 14.4 Å². The SMILES string of the molecule is O=C(CNC(=O)c1ccccc1)N[C@@H](CCCSCC(=O)C(F)(F)F)C(=O)NCCN1CCC(c2ccccc2)C1. The number of amides is 3. The Hall–Kier alpha value is -3.38. The van der Waals surface area contributed by atoms with Gasteiger partial charge in [-0.1, -0.05) is 48.5 Å². The predicted octanol–water partition coefficient (Wildman–Crippen LogP) is 3.15. The number of carbonyl (C=O) groups is 4. The third-order valence-corrected chi connectivity index (χ3v) is 7.74. The first-order valence-corrected chi connectivity index (χ1v) is 14.6. The summed E-state index contributed by atoms with van der Waals surface area (Å²) in [5.74, 6) is -3.28. The Morgan fingerprint density at radius 1 is 0.976 bits per heavy atom. The fourth-order valence-electron chi connectivity index (χ4n) is 4.50. The molecule has 1 aliphatic rings. The average Bonchev–Trinajstić information content (AvgIpc) is 3.44. The summed E-state index contributed by atoms with van der Waals surface area (Å²) in [7, 11) is 0. The van der Waals surface area contributed by atoms with Crippen molar-refractivity contribution in [3.63, 3.8) is 0 Å². The van der Waals surface area contributed by atoms with Crippen LogP contribution >= 0.6 is 11.8 Å². The number of nitrogens with zero attached hydrogens (tertiary/aromatic N) is 1. The molecule has 3 N–H and O–H groups in total. The zero-order valence-corrected chi connectivity index (χ0v) is 23.4. The van der Waals surface area contributed by atoms with Gasteiger partial charge in [-0.05, 0) is 55.2 Å². The fraction of sp³-hybridized carbons (Fsp3) is 0.448. The number of alkyl halides is 3. The summed E-state index contributed by atoms with van der Waals surface area (Å²) < 4.78 is 37.2. The van der Waals surface area contributed by atoms with Gasteiger partial charge in [0.2, 0.25) is 17.6 Å². The molecule has 2 aromatic rings. The van der Waals surface area contributed by atoms with Gasteiger partial charge >= 0.3 is 6.18 Å². The van der Waals surface area contributed by atoms with Crippen LogP contribution < -0.4 is 16.0 Å². The highest BCUT2D eigenvalue weighted by Crippen LogP contribution is 2.26. The maximum absolute atomic E-state index is 13.0. The second-order valence-electron chi connectivity index (χ2n) is 9.77. The van der Waals surface area contributed by atoms with Crippen LogP contribution in [0.4, 0.5) is 13.2 Å². The molecule has 41 heavy (non-hydrogen) atoms. The molecule has 0 aromatic heterocycles. The second-order valence-corrected chi connectivity index (χ2v) is 10.9. The number of ketones is 1. The predicted molar refractivity (Wildman–Crippen MR) is 152 cm³/mol. The van der Waals surface area contributed by atoms with Gasteiger partial charge in [-0.3, -0.25) is 19.2 Å². The molecule has 0 aliphatic carbocycles. The monoisotopic (exact) mass is 592 g/mol. The Bertz CT molecular complexity index is 1150. The standard InChI is InChI=1S/C29H35F3N4O4S/c30-29(31,32)25(37)20-41-17-7-12-24(35-26(38)18-34-27(39)22-10-5-2-6-11-22)28(40)33-14-16-36-15-13-23(19-36)21-8-3-1-4-9-21/h1-6,8-11,23-24H,7,12-20H2,(H,33,40)(H,34,39)(H,35,38)/t23?,24-/m0/s1. The number of benzene rings is 2. The number of likely N-dealkylation sites (tertiary alicyclic amines) is 1. The number of hydrogen-bond donors (Lipinski definition) is 3. The number of nitrogens with one attached hydrogen (secondary N) is 3. The van der Waals surface area contributed by atoms with Crippen molar-refractivity contribution in [2.45, 2.75) is 37.4 Å². The lowest BCUT2D eigenvalue weighted by Crippen LogP contribution is -2.50. The van der Waals surface area contributed by atoms with E-state index in [4.69, 9.17) is 0 Å². The summed E-state index contributed by atoms with van der Waals surface area (Å²) in [6.07, 6.45) is -3.38. The van der Waals surface area contributed by atoms with E-state index in [0.29, 0.717) is 31.0 Å². The highest BCUT2D eigenvalue weighted by atomic mass is 32.2. The van der Waals surface area contributed by atoms with Gasteiger partial charge < -0.3 is 20.9 Å². The van der Waals surface area contributed by atoms with E-state index < -0.39 is 41.5 Å². The molecule has 0 radical (unpaired) electrons. The molecule has 0 saturated carbocycles. The van der Waals surface area contributed by atoms with Crippen LogP contribution in [0.5, 0.6) is 0 Å². The van der Waals surface area contributed by atoms with Crippen molar-refractivity contribution in [1.29, 1.82) is 0 Å². The van der Waals surface area contributed by atoms with Gasteiger partial charge in [0.25, 0.3) is 5.91 Å². The zero-order chi connectivity index (χ0) is 29.7. The van der Waals surface area contributed by atoms with Crippen molar-refractivity contribution in [3.8, 4) is 0 Å². The van der Waals surface area contributed by atoms with E-state index in [9.17, 15) is 32.3 Å². The van der Waals surface area contributed by atoms with Crippen LogP contribution in [0.15, 0.2) is 60.7 Å². The molecule has 3 rings (SSSR count). The fourth-order valence-corrected chi connectivity index (χ4v) is 5.36. The minimum atomic E-state index is -4.87. The normalized spacial score (nSPS) is 16.1. The number of carbonyl (C=O) groups excluding carboxylic acids is 4. The molecule has 2 aromatic carbocycles. The Kier molecular flexibility index (Phi) is 12.7. The van der Waals surface area contributed by atoms with Crippen molar-refractivity contribution >= 4 is 35.3 Å². The van der Waals surface area contributed by atoms with E-state index in [1.807, 2.05) is 18.2 Å². The Labute approximate surface area is 241 Å². The van der Waals surface area contributed by atoms with Gasteiger partial charge in [-0.2, -0.15) is 24.9 Å². The number of halogens is 3. The summed E-state index contributed by atoms with van der Waals surface area (Å²) >= 11 is 0.828. The van der Waals surface area contributed by atoms with Crippen molar-refractivity contribution in [3.05, 3.63) is 71.8 Å². The van der Waals surface area contributed by atoms with E-state index in [1.54, 1.807) is 30.3 Å². The minimum Gasteiger partial charge on any atom is -0.353 e. The topological polar surface area (TPSA) is 108 Å². The zero-order valence-electron chi connectivity index (χ0n) is 22.6. The summed E-state index contributed by atoms with van der Waals surface area (Å²) in [4.78, 5) is 51.1. The molecule has 0 spiro atoms. The van der Waals surface area contributed by atoms with Crippen LogP contribution in [-0.4, -0.2) is 84.9 Å². The summed E-state index contributed by atoms with van der Waals surface area (Å²) in [5.41, 5.74) is 1.67. The van der Waals surface area contributed by atoms with Crippen molar-refractivity contribution < 1.29 is 32.3 Å². The van der Waals surface area contributed by atoms with Crippen molar-refractivity contribution in [1.82, 2.24) is 20.9 Å². The van der Waals surface area contributed by atoms with Gasteiger partial charge in [0.05, 0.1) is 12.3 Å². The lowest BCUT2D eigenvalue weighted by molar-refractivity contribution is -0.167. The largest absolute Gasteiger partial charge is 0.450 e. The molecule has 1 unspecified atom stereocenters. The van der Waals surface area contributed by atoms with Gasteiger partial charge in [0.15, 0.2) is 0 Å². The quantitative estimate of drug-likeness (QED) is 0.275. The number of rotatable bonds is 15. The van der Waals surface area contributed by atoms with Gasteiger partial charge in [0.1, 0.15) is 6.04 Å². The molecule has 3 amide bonds. The third kappa shape index (κ3) is 11.2. The maximum atomic E-state index is 13.0. The van der Waals surface area contributed by atoms with Crippen LogP contribution in [0.2, 0.25) is 0 Å². The van der Waals surface area contributed by atoms with Crippen LogP contribution in [0.1, 0.15) is 41.1 Å². The molecule has 8 nitrogen and oxygen atoms in total. The van der Waals surface area contributed by atoms with Crippen LogP contribution in [0.25, 0.3) is 0 Å². The first-order chi connectivity index (χ1) is 19.6. The highest BCUT2D eigenvalue weighted by Gasteiger charge is 2.37. The maximum Gasteiger partial charge on any atom is 0.450 e. The lowest BCUT2D eigenvalue weighted by atomic mass is 9.99. The van der Waals surface area contributed by atoms with Gasteiger partial charge in [-0.15, -0.1) is 0 Å². The van der Waals surface area contributed by atoms with Crippen molar-refractivity contribution in [2.75, 3.05) is 44.2 Å². The van der Waals surface area contributed by atoms with E-state index in [2.05, 4.69) is 33.0 Å². The molecule has 0 bridgehead atoms. The van der Waals surface area contributed by atoms with Gasteiger partial charge in [-0.25, -0.2) is 0 Å². The van der Waals surface area contributed by atoms with E-state index in [-0.39, 0.29) is 18.7 Å². The molecular formula is C29H35F3N4O4S. The molecule has 1 heterocycles. The van der Waals surface area contributed by atoms with E-state index in [1.165, 1.54) is 5.56 Å². The highest BCUT2D eigenvalue weighted by molar-refractivity contribution is 7.99.